The molecule has 0 amide bonds. The summed E-state index contributed by atoms with van der Waals surface area (Å²) < 4.78 is 12.7. The van der Waals surface area contributed by atoms with Gasteiger partial charge in [-0.3, -0.25) is 0 Å². The topological polar surface area (TPSA) is 42.4 Å². The number of hydrogen-bond donors (Lipinski definition) is 0. The van der Waals surface area contributed by atoms with Gasteiger partial charge in [-0.05, 0) is 128 Å². The minimum atomic E-state index is -0.113. The lowest BCUT2D eigenvalue weighted by molar-refractivity contribution is 0.620. The van der Waals surface area contributed by atoms with Crippen molar-refractivity contribution in [1.82, 2.24) is 4.98 Å². The van der Waals surface area contributed by atoms with Gasteiger partial charge in [-0.15, -0.1) is 0 Å². The van der Waals surface area contributed by atoms with Crippen LogP contribution in [0.5, 0.6) is 0 Å². The first-order valence-corrected chi connectivity index (χ1v) is 20.5. The maximum absolute atomic E-state index is 6.46. The van der Waals surface area contributed by atoms with Gasteiger partial charge < -0.3 is 13.7 Å². The Morgan fingerprint density at radius 1 is 0.400 bits per heavy atom. The highest BCUT2D eigenvalue weighted by Gasteiger charge is 2.35. The average molecular weight is 771 g/mol. The van der Waals surface area contributed by atoms with Crippen molar-refractivity contribution in [2.45, 2.75) is 19.3 Å². The van der Waals surface area contributed by atoms with E-state index in [4.69, 9.17) is 13.8 Å². The van der Waals surface area contributed by atoms with Gasteiger partial charge in [-0.2, -0.15) is 0 Å². The second-order valence-corrected chi connectivity index (χ2v) is 16.4. The zero-order chi connectivity index (χ0) is 40.0. The number of rotatable bonds is 6. The first-order valence-electron chi connectivity index (χ1n) is 20.5. The number of benzene rings is 9. The first kappa shape index (κ1) is 34.4. The van der Waals surface area contributed by atoms with Gasteiger partial charge in [0.05, 0.1) is 0 Å². The molecule has 11 aromatic rings. The predicted molar refractivity (Wildman–Crippen MR) is 247 cm³/mol. The van der Waals surface area contributed by atoms with Crippen LogP contribution < -0.4 is 4.90 Å². The summed E-state index contributed by atoms with van der Waals surface area (Å²) in [6, 6.07) is 69.4. The third-order valence-corrected chi connectivity index (χ3v) is 12.5. The molecule has 0 bridgehead atoms. The smallest absolute Gasteiger partial charge is 0.227 e. The highest BCUT2D eigenvalue weighted by molar-refractivity contribution is 6.09. The average Bonchev–Trinajstić information content (AvgIpc) is 3.95. The molecule has 0 saturated heterocycles. The molecule has 1 aliphatic rings. The lowest BCUT2D eigenvalue weighted by Crippen LogP contribution is -2.16. The molecule has 4 heteroatoms. The minimum Gasteiger partial charge on any atom is -0.456 e. The van der Waals surface area contributed by atoms with Gasteiger partial charge in [0.15, 0.2) is 5.58 Å². The molecular weight excluding hydrogens is 733 g/mol. The van der Waals surface area contributed by atoms with Crippen molar-refractivity contribution in [3.8, 4) is 44.8 Å². The quantitative estimate of drug-likeness (QED) is 0.169. The molecular formula is C56H38N2O2. The molecule has 284 valence electrons. The molecule has 1 aliphatic carbocycles. The first-order chi connectivity index (χ1) is 29.4. The van der Waals surface area contributed by atoms with Crippen molar-refractivity contribution >= 4 is 60.9 Å². The normalized spacial score (nSPS) is 13.0. The fourth-order valence-electron chi connectivity index (χ4n) is 9.33. The van der Waals surface area contributed by atoms with Crippen LogP contribution in [0, 0.1) is 0 Å². The van der Waals surface area contributed by atoms with Gasteiger partial charge in [-0.25, -0.2) is 4.98 Å². The Balaban J connectivity index is 0.911. The third-order valence-electron chi connectivity index (χ3n) is 12.5. The Labute approximate surface area is 347 Å². The van der Waals surface area contributed by atoms with Crippen LogP contribution in [0.2, 0.25) is 0 Å². The summed E-state index contributed by atoms with van der Waals surface area (Å²) in [7, 11) is 0. The summed E-state index contributed by atoms with van der Waals surface area (Å²) >= 11 is 0. The number of oxazole rings is 1. The summed E-state index contributed by atoms with van der Waals surface area (Å²) in [5.41, 5.74) is 17.2. The number of aromatic nitrogens is 1. The van der Waals surface area contributed by atoms with Gasteiger partial charge in [0.2, 0.25) is 5.89 Å². The molecule has 2 heterocycles. The minimum absolute atomic E-state index is 0.113. The fourth-order valence-corrected chi connectivity index (χ4v) is 9.33. The molecule has 60 heavy (non-hydrogen) atoms. The second-order valence-electron chi connectivity index (χ2n) is 16.4. The van der Waals surface area contributed by atoms with Crippen LogP contribution in [-0.4, -0.2) is 4.98 Å². The van der Waals surface area contributed by atoms with E-state index in [0.29, 0.717) is 5.89 Å². The van der Waals surface area contributed by atoms with E-state index in [1.54, 1.807) is 0 Å². The van der Waals surface area contributed by atoms with E-state index in [0.717, 1.165) is 66.8 Å². The molecule has 0 atom stereocenters. The van der Waals surface area contributed by atoms with Crippen LogP contribution in [0.3, 0.4) is 0 Å². The van der Waals surface area contributed by atoms with Crippen LogP contribution in [0.1, 0.15) is 25.0 Å². The summed E-state index contributed by atoms with van der Waals surface area (Å²) in [5.74, 6) is 0.607. The lowest BCUT2D eigenvalue weighted by Gasteiger charge is -2.28. The Kier molecular flexibility index (Phi) is 7.54. The molecule has 9 aromatic carbocycles. The van der Waals surface area contributed by atoms with Crippen molar-refractivity contribution in [2.24, 2.45) is 0 Å². The molecule has 12 rings (SSSR count). The highest BCUT2D eigenvalue weighted by atomic mass is 16.4. The molecule has 0 saturated carbocycles. The van der Waals surface area contributed by atoms with Crippen molar-refractivity contribution in [3.63, 3.8) is 0 Å². The van der Waals surface area contributed by atoms with E-state index in [9.17, 15) is 0 Å². The van der Waals surface area contributed by atoms with E-state index in [2.05, 4.69) is 170 Å². The number of furan rings is 1. The highest BCUT2D eigenvalue weighted by Crippen LogP contribution is 2.51. The van der Waals surface area contributed by atoms with E-state index >= 15 is 0 Å². The number of anilines is 3. The molecule has 0 fully saturated rings. The van der Waals surface area contributed by atoms with Crippen LogP contribution >= 0.6 is 0 Å². The summed E-state index contributed by atoms with van der Waals surface area (Å²) in [4.78, 5) is 7.14. The van der Waals surface area contributed by atoms with E-state index in [1.807, 2.05) is 42.5 Å². The lowest BCUT2D eigenvalue weighted by atomic mass is 9.82. The maximum atomic E-state index is 6.46. The Hall–Kier alpha value is -7.69. The monoisotopic (exact) mass is 770 g/mol. The summed E-state index contributed by atoms with van der Waals surface area (Å²) in [5, 5.41) is 4.55. The number of fused-ring (bicyclic) bond motifs is 8. The fraction of sp³-hybridized carbons (Fsp3) is 0.0536. The van der Waals surface area contributed by atoms with Crippen LogP contribution in [0.25, 0.3) is 88.6 Å². The maximum Gasteiger partial charge on any atom is 0.227 e. The van der Waals surface area contributed by atoms with Crippen molar-refractivity contribution < 1.29 is 8.83 Å². The van der Waals surface area contributed by atoms with Crippen LogP contribution in [0.4, 0.5) is 17.1 Å². The van der Waals surface area contributed by atoms with Crippen molar-refractivity contribution in [1.29, 1.82) is 0 Å². The Morgan fingerprint density at radius 3 is 1.80 bits per heavy atom. The van der Waals surface area contributed by atoms with Gasteiger partial charge in [0.1, 0.15) is 16.7 Å². The Bertz CT molecular complexity index is 3450. The molecule has 0 unspecified atom stereocenters. The predicted octanol–water partition coefficient (Wildman–Crippen LogP) is 15.7. The van der Waals surface area contributed by atoms with E-state index in [-0.39, 0.29) is 5.41 Å². The van der Waals surface area contributed by atoms with Crippen molar-refractivity contribution in [2.75, 3.05) is 4.90 Å². The van der Waals surface area contributed by atoms with Gasteiger partial charge >= 0.3 is 0 Å². The van der Waals surface area contributed by atoms with Crippen molar-refractivity contribution in [3.05, 3.63) is 205 Å². The van der Waals surface area contributed by atoms with Gasteiger partial charge in [-0.1, -0.05) is 129 Å². The zero-order valence-corrected chi connectivity index (χ0v) is 33.2. The number of hydrogen-bond acceptors (Lipinski definition) is 4. The zero-order valence-electron chi connectivity index (χ0n) is 33.2. The van der Waals surface area contributed by atoms with E-state index < -0.39 is 0 Å². The van der Waals surface area contributed by atoms with Crippen LogP contribution in [-0.2, 0) is 5.41 Å². The van der Waals surface area contributed by atoms with Crippen LogP contribution in [0.15, 0.2) is 203 Å². The molecule has 4 nitrogen and oxygen atoms in total. The molecule has 0 radical (unpaired) electrons. The second kappa shape index (κ2) is 13.2. The summed E-state index contributed by atoms with van der Waals surface area (Å²) in [6.07, 6.45) is 0. The molecule has 0 spiro atoms. The molecule has 0 aliphatic heterocycles. The van der Waals surface area contributed by atoms with Gasteiger partial charge in [0, 0.05) is 44.9 Å². The molecule has 0 N–H and O–H groups in total. The summed E-state index contributed by atoms with van der Waals surface area (Å²) in [6.45, 7) is 4.68. The van der Waals surface area contributed by atoms with E-state index in [1.165, 1.54) is 44.2 Å². The largest absolute Gasteiger partial charge is 0.456 e. The Morgan fingerprint density at radius 2 is 1.02 bits per heavy atom. The third kappa shape index (κ3) is 5.49. The van der Waals surface area contributed by atoms with Gasteiger partial charge in [0.25, 0.3) is 0 Å². The standard InChI is InChI=1S/C56H38N2O2/c1-56(2)49-15-9-8-14-45(49)46-29-27-44(32-50(46)56)58(42-23-18-36(19-24-42)40-17-16-35-10-6-7-13-39(35)30-40)43-25-20-37(21-26-43)41-22-28-47-48-33-54-51(34-53(48)59-52(47)31-41)57-55(60-54)38-11-4-3-5-12-38/h3-34H,1-2H3. The number of nitrogens with zero attached hydrogens (tertiary/aromatic N) is 2. The SMILES string of the molecule is CC1(C)c2ccccc2-c2ccc(N(c3ccc(-c4ccc5ccccc5c4)cc3)c3ccc(-c4ccc5c(c4)oc4cc6nc(-c7ccccc7)oc6cc45)cc3)cc21. The molecule has 2 aromatic heterocycles.